The third-order valence-corrected chi connectivity index (χ3v) is 5.21. The summed E-state index contributed by atoms with van der Waals surface area (Å²) in [4.78, 5) is 26.5. The van der Waals surface area contributed by atoms with Crippen molar-refractivity contribution < 1.29 is 9.59 Å². The van der Waals surface area contributed by atoms with Crippen molar-refractivity contribution >= 4 is 49.4 Å². The maximum atomic E-state index is 12.6. The Balaban J connectivity index is 1.57. The Bertz CT molecular complexity index is 791. The molecule has 130 valence electrons. The van der Waals surface area contributed by atoms with E-state index in [9.17, 15) is 9.59 Å². The van der Waals surface area contributed by atoms with Crippen LogP contribution in [0.15, 0.2) is 51.4 Å². The third-order valence-electron chi connectivity index (χ3n) is 4.19. The van der Waals surface area contributed by atoms with Crippen molar-refractivity contribution in [3.05, 3.63) is 62.5 Å². The van der Waals surface area contributed by atoms with Crippen molar-refractivity contribution in [3.63, 3.8) is 0 Å². The van der Waals surface area contributed by atoms with Gasteiger partial charge in [-0.2, -0.15) is 0 Å². The topological polar surface area (TPSA) is 49.4 Å². The Morgan fingerprint density at radius 3 is 2.52 bits per heavy atom. The van der Waals surface area contributed by atoms with E-state index in [4.69, 9.17) is 0 Å². The Labute approximate surface area is 163 Å². The number of aryl methyl sites for hydroxylation is 1. The predicted molar refractivity (Wildman–Crippen MR) is 106 cm³/mol. The molecule has 0 bridgehead atoms. The van der Waals surface area contributed by atoms with E-state index in [0.717, 1.165) is 34.0 Å². The van der Waals surface area contributed by atoms with Crippen molar-refractivity contribution in [2.24, 2.45) is 0 Å². The summed E-state index contributed by atoms with van der Waals surface area (Å²) in [7, 11) is 0. The molecule has 2 amide bonds. The average molecular weight is 466 g/mol. The Morgan fingerprint density at radius 2 is 1.76 bits per heavy atom. The molecule has 1 heterocycles. The molecule has 1 N–H and O–H groups in total. The second-order valence-electron chi connectivity index (χ2n) is 5.93. The van der Waals surface area contributed by atoms with Crippen molar-refractivity contribution in [2.75, 3.05) is 18.0 Å². The van der Waals surface area contributed by atoms with Crippen LogP contribution in [0, 0.1) is 0 Å². The number of hydrogen-bond acceptors (Lipinski definition) is 2. The molecule has 1 aliphatic heterocycles. The molecular weight excluding hydrogens is 448 g/mol. The van der Waals surface area contributed by atoms with Crippen LogP contribution in [-0.2, 0) is 11.2 Å². The van der Waals surface area contributed by atoms with E-state index < -0.39 is 0 Å². The molecule has 25 heavy (non-hydrogen) atoms. The zero-order chi connectivity index (χ0) is 17.8. The summed E-state index contributed by atoms with van der Waals surface area (Å²) in [5, 5.41) is 2.81. The van der Waals surface area contributed by atoms with Gasteiger partial charge in [0.25, 0.3) is 5.91 Å². The molecule has 2 aromatic rings. The standard InChI is InChI=1S/C19H18Br2N2O2/c20-15-5-3-13(4-6-15)19(25)22-10-9-18(24)23-11-1-2-14-12-16(21)7-8-17(14)23/h3-8,12H,1-2,9-11H2,(H,22,25). The number of rotatable bonds is 4. The number of nitrogens with zero attached hydrogens (tertiary/aromatic N) is 1. The van der Waals surface area contributed by atoms with Crippen LogP contribution < -0.4 is 10.2 Å². The maximum absolute atomic E-state index is 12.6. The van der Waals surface area contributed by atoms with Gasteiger partial charge in [0.15, 0.2) is 0 Å². The van der Waals surface area contributed by atoms with Gasteiger partial charge in [-0.25, -0.2) is 0 Å². The molecular formula is C19H18Br2N2O2. The number of halogens is 2. The summed E-state index contributed by atoms with van der Waals surface area (Å²) in [6, 6.07) is 13.2. The van der Waals surface area contributed by atoms with Gasteiger partial charge < -0.3 is 10.2 Å². The van der Waals surface area contributed by atoms with Gasteiger partial charge in [-0.05, 0) is 60.9 Å². The predicted octanol–water partition coefficient (Wildman–Crippen LogP) is 4.31. The van der Waals surface area contributed by atoms with Crippen molar-refractivity contribution in [2.45, 2.75) is 19.3 Å². The number of nitrogens with one attached hydrogen (secondary N) is 1. The first kappa shape index (κ1) is 18.1. The summed E-state index contributed by atoms with van der Waals surface area (Å²) in [6.07, 6.45) is 2.23. The largest absolute Gasteiger partial charge is 0.352 e. The van der Waals surface area contributed by atoms with E-state index in [-0.39, 0.29) is 18.2 Å². The number of amides is 2. The number of carbonyl (C=O) groups excluding carboxylic acids is 2. The highest BCUT2D eigenvalue weighted by molar-refractivity contribution is 9.10. The number of carbonyl (C=O) groups is 2. The fraction of sp³-hybridized carbons (Fsp3) is 0.263. The Morgan fingerprint density at radius 1 is 1.04 bits per heavy atom. The molecule has 0 aliphatic carbocycles. The van der Waals surface area contributed by atoms with Gasteiger partial charge in [-0.15, -0.1) is 0 Å². The minimum atomic E-state index is -0.164. The van der Waals surface area contributed by atoms with Gasteiger partial charge in [0.2, 0.25) is 5.91 Å². The fourth-order valence-corrected chi connectivity index (χ4v) is 3.62. The number of anilines is 1. The first-order valence-corrected chi connectivity index (χ1v) is 9.76. The van der Waals surface area contributed by atoms with Crippen LogP contribution in [0.3, 0.4) is 0 Å². The Kier molecular flexibility index (Phi) is 5.91. The van der Waals surface area contributed by atoms with E-state index in [2.05, 4.69) is 43.2 Å². The van der Waals surface area contributed by atoms with E-state index in [1.165, 1.54) is 5.56 Å². The van der Waals surface area contributed by atoms with E-state index in [1.54, 1.807) is 12.1 Å². The smallest absolute Gasteiger partial charge is 0.251 e. The monoisotopic (exact) mass is 464 g/mol. The van der Waals surface area contributed by atoms with Crippen LogP contribution in [0.5, 0.6) is 0 Å². The number of hydrogen-bond donors (Lipinski definition) is 1. The molecule has 0 aromatic heterocycles. The summed E-state index contributed by atoms with van der Waals surface area (Å²) in [6.45, 7) is 1.06. The first-order valence-electron chi connectivity index (χ1n) is 8.17. The van der Waals surface area contributed by atoms with Gasteiger partial charge in [-0.3, -0.25) is 9.59 Å². The molecule has 6 heteroatoms. The number of fused-ring (bicyclic) bond motifs is 1. The van der Waals surface area contributed by atoms with Gasteiger partial charge in [0.05, 0.1) is 0 Å². The van der Waals surface area contributed by atoms with Crippen LogP contribution in [-0.4, -0.2) is 24.9 Å². The van der Waals surface area contributed by atoms with Gasteiger partial charge in [-0.1, -0.05) is 31.9 Å². The van der Waals surface area contributed by atoms with Crippen molar-refractivity contribution in [1.82, 2.24) is 5.32 Å². The highest BCUT2D eigenvalue weighted by Gasteiger charge is 2.22. The number of benzene rings is 2. The van der Waals surface area contributed by atoms with E-state index in [1.807, 2.05) is 29.2 Å². The molecule has 0 radical (unpaired) electrons. The summed E-state index contributed by atoms with van der Waals surface area (Å²) < 4.78 is 1.96. The third kappa shape index (κ3) is 4.50. The van der Waals surface area contributed by atoms with Gasteiger partial charge in [0.1, 0.15) is 0 Å². The molecule has 3 rings (SSSR count). The summed E-state index contributed by atoms with van der Waals surface area (Å²) >= 11 is 6.82. The van der Waals surface area contributed by atoms with Crippen LogP contribution >= 0.6 is 31.9 Å². The Hall–Kier alpha value is -1.66. The zero-order valence-electron chi connectivity index (χ0n) is 13.6. The second-order valence-corrected chi connectivity index (χ2v) is 7.77. The fourth-order valence-electron chi connectivity index (χ4n) is 2.95. The minimum absolute atomic E-state index is 0.0411. The maximum Gasteiger partial charge on any atom is 0.251 e. The highest BCUT2D eigenvalue weighted by Crippen LogP contribution is 2.30. The SMILES string of the molecule is O=C(NCCC(=O)N1CCCc2cc(Br)ccc21)c1ccc(Br)cc1. The van der Waals surface area contributed by atoms with E-state index >= 15 is 0 Å². The van der Waals surface area contributed by atoms with Crippen LogP contribution in [0.2, 0.25) is 0 Å². The second kappa shape index (κ2) is 8.15. The molecule has 0 fully saturated rings. The highest BCUT2D eigenvalue weighted by atomic mass is 79.9. The van der Waals surface area contributed by atoms with Gasteiger partial charge >= 0.3 is 0 Å². The van der Waals surface area contributed by atoms with Crippen molar-refractivity contribution in [3.8, 4) is 0 Å². The quantitative estimate of drug-likeness (QED) is 0.731. The normalized spacial score (nSPS) is 13.3. The first-order chi connectivity index (χ1) is 12.0. The lowest BCUT2D eigenvalue weighted by molar-refractivity contribution is -0.118. The molecule has 0 atom stereocenters. The van der Waals surface area contributed by atoms with E-state index in [0.29, 0.717) is 12.1 Å². The lowest BCUT2D eigenvalue weighted by Gasteiger charge is -2.29. The lowest BCUT2D eigenvalue weighted by Crippen LogP contribution is -2.37. The molecule has 0 unspecified atom stereocenters. The summed E-state index contributed by atoms with van der Waals surface area (Å²) in [5.41, 5.74) is 2.76. The zero-order valence-corrected chi connectivity index (χ0v) is 16.8. The van der Waals surface area contributed by atoms with Crippen LogP contribution in [0.1, 0.15) is 28.8 Å². The average Bonchev–Trinajstić information content (AvgIpc) is 2.61. The van der Waals surface area contributed by atoms with Crippen LogP contribution in [0.4, 0.5) is 5.69 Å². The van der Waals surface area contributed by atoms with Crippen molar-refractivity contribution in [1.29, 1.82) is 0 Å². The minimum Gasteiger partial charge on any atom is -0.352 e. The van der Waals surface area contributed by atoms with Gasteiger partial charge in [0, 0.05) is 39.7 Å². The molecule has 0 saturated heterocycles. The molecule has 4 nitrogen and oxygen atoms in total. The molecule has 0 spiro atoms. The lowest BCUT2D eigenvalue weighted by atomic mass is 10.0. The van der Waals surface area contributed by atoms with Crippen LogP contribution in [0.25, 0.3) is 0 Å². The molecule has 0 saturated carbocycles. The molecule has 1 aliphatic rings. The summed E-state index contributed by atoms with van der Waals surface area (Å²) in [5.74, 6) is -0.123. The molecule has 2 aromatic carbocycles.